The van der Waals surface area contributed by atoms with Crippen molar-refractivity contribution in [1.82, 2.24) is 10.2 Å². The van der Waals surface area contributed by atoms with Crippen molar-refractivity contribution in [2.75, 3.05) is 5.32 Å². The lowest BCUT2D eigenvalue weighted by Crippen LogP contribution is -2.23. The minimum Gasteiger partial charge on any atom is -0.309 e. The molecule has 0 saturated carbocycles. The van der Waals surface area contributed by atoms with Gasteiger partial charge in [0.1, 0.15) is 0 Å². The molecule has 19 heavy (non-hydrogen) atoms. The third kappa shape index (κ3) is 2.38. The van der Waals surface area contributed by atoms with Crippen molar-refractivity contribution in [2.45, 2.75) is 26.2 Å². The minimum absolute atomic E-state index is 0.0270. The highest BCUT2D eigenvalue weighted by atomic mass is 16.2. The number of carbonyl (C=O) groups excluding carboxylic acids is 1. The largest absolute Gasteiger partial charge is 0.309 e. The Bertz CT molecular complexity index is 578. The molecule has 0 radical (unpaired) electrons. The van der Waals surface area contributed by atoms with Gasteiger partial charge in [-0.3, -0.25) is 9.89 Å². The summed E-state index contributed by atoms with van der Waals surface area (Å²) in [4.78, 5) is 12.2. The summed E-state index contributed by atoms with van der Waals surface area (Å²) in [5.41, 5.74) is 3.61. The van der Waals surface area contributed by atoms with Crippen molar-refractivity contribution >= 4 is 11.7 Å². The van der Waals surface area contributed by atoms with Crippen molar-refractivity contribution in [3.05, 3.63) is 47.2 Å². The Balaban J connectivity index is 1.66. The number of carbonyl (C=O) groups is 1. The van der Waals surface area contributed by atoms with E-state index in [9.17, 15) is 4.79 Å². The van der Waals surface area contributed by atoms with E-state index in [1.54, 1.807) is 0 Å². The summed E-state index contributed by atoms with van der Waals surface area (Å²) in [6, 6.07) is 10.2. The predicted octanol–water partition coefficient (Wildman–Crippen LogP) is 2.33. The van der Waals surface area contributed by atoms with Crippen LogP contribution in [0.3, 0.4) is 0 Å². The molecule has 4 nitrogen and oxygen atoms in total. The van der Waals surface area contributed by atoms with Gasteiger partial charge in [-0.25, -0.2) is 0 Å². The third-order valence-electron chi connectivity index (χ3n) is 3.68. The van der Waals surface area contributed by atoms with Crippen LogP contribution in [0.2, 0.25) is 0 Å². The fourth-order valence-corrected chi connectivity index (χ4v) is 2.58. The van der Waals surface area contributed by atoms with Crippen molar-refractivity contribution in [1.29, 1.82) is 0 Å². The third-order valence-corrected chi connectivity index (χ3v) is 3.68. The number of amides is 1. The maximum Gasteiger partial charge on any atom is 0.229 e. The number of aryl methyl sites for hydroxylation is 1. The SMILES string of the molecule is CCc1cc(NC(=O)C2Cc3ccccc3C2)n[nH]1. The van der Waals surface area contributed by atoms with E-state index >= 15 is 0 Å². The van der Waals surface area contributed by atoms with Crippen LogP contribution in [0.15, 0.2) is 30.3 Å². The number of anilines is 1. The van der Waals surface area contributed by atoms with E-state index in [1.165, 1.54) is 11.1 Å². The van der Waals surface area contributed by atoms with E-state index < -0.39 is 0 Å². The van der Waals surface area contributed by atoms with Gasteiger partial charge in [-0.1, -0.05) is 31.2 Å². The minimum atomic E-state index is 0.0270. The van der Waals surface area contributed by atoms with Crippen LogP contribution >= 0.6 is 0 Å². The van der Waals surface area contributed by atoms with Crippen molar-refractivity contribution in [3.8, 4) is 0 Å². The van der Waals surface area contributed by atoms with Crippen LogP contribution in [0.5, 0.6) is 0 Å². The Kier molecular flexibility index (Phi) is 3.07. The monoisotopic (exact) mass is 255 g/mol. The summed E-state index contributed by atoms with van der Waals surface area (Å²) in [5, 5.41) is 9.89. The second kappa shape index (κ2) is 4.88. The molecule has 4 heteroatoms. The summed E-state index contributed by atoms with van der Waals surface area (Å²) in [6.07, 6.45) is 2.54. The maximum absolute atomic E-state index is 12.2. The zero-order chi connectivity index (χ0) is 13.2. The average molecular weight is 255 g/mol. The van der Waals surface area contributed by atoms with Crippen LogP contribution in [-0.4, -0.2) is 16.1 Å². The van der Waals surface area contributed by atoms with Crippen molar-refractivity contribution in [2.24, 2.45) is 5.92 Å². The topological polar surface area (TPSA) is 57.8 Å². The molecule has 1 aliphatic carbocycles. The number of fused-ring (bicyclic) bond motifs is 1. The van der Waals surface area contributed by atoms with Crippen LogP contribution < -0.4 is 5.32 Å². The van der Waals surface area contributed by atoms with E-state index in [1.807, 2.05) is 25.1 Å². The number of H-pyrrole nitrogens is 1. The highest BCUT2D eigenvalue weighted by Gasteiger charge is 2.27. The number of aromatic nitrogens is 2. The molecule has 1 aromatic carbocycles. The van der Waals surface area contributed by atoms with Gasteiger partial charge in [0.15, 0.2) is 5.82 Å². The molecule has 1 aliphatic rings. The molecule has 3 rings (SSSR count). The van der Waals surface area contributed by atoms with Gasteiger partial charge in [0.25, 0.3) is 0 Å². The van der Waals surface area contributed by atoms with Gasteiger partial charge in [-0.15, -0.1) is 0 Å². The van der Waals surface area contributed by atoms with Gasteiger partial charge in [0.2, 0.25) is 5.91 Å². The molecule has 1 aromatic heterocycles. The maximum atomic E-state index is 12.2. The molecule has 0 atom stereocenters. The molecule has 0 saturated heterocycles. The van der Waals surface area contributed by atoms with Crippen LogP contribution in [0.4, 0.5) is 5.82 Å². The number of hydrogen-bond donors (Lipinski definition) is 2. The summed E-state index contributed by atoms with van der Waals surface area (Å²) in [6.45, 7) is 2.05. The molecule has 0 aliphatic heterocycles. The lowest BCUT2D eigenvalue weighted by molar-refractivity contribution is -0.119. The Morgan fingerprint density at radius 3 is 2.63 bits per heavy atom. The number of aromatic amines is 1. The molecular formula is C15H17N3O. The first-order valence-electron chi connectivity index (χ1n) is 6.68. The van der Waals surface area contributed by atoms with E-state index in [2.05, 4.69) is 27.6 Å². The highest BCUT2D eigenvalue weighted by molar-refractivity contribution is 5.92. The lowest BCUT2D eigenvalue weighted by atomic mass is 10.1. The van der Waals surface area contributed by atoms with Gasteiger partial charge in [0, 0.05) is 17.7 Å². The molecule has 0 bridgehead atoms. The summed E-state index contributed by atoms with van der Waals surface area (Å²) >= 11 is 0. The fourth-order valence-electron chi connectivity index (χ4n) is 2.58. The first-order chi connectivity index (χ1) is 9.26. The van der Waals surface area contributed by atoms with Gasteiger partial charge in [-0.05, 0) is 30.4 Å². The lowest BCUT2D eigenvalue weighted by Gasteiger charge is -2.07. The first kappa shape index (κ1) is 12.0. The fraction of sp³-hybridized carbons (Fsp3) is 0.333. The Labute approximate surface area is 112 Å². The molecule has 2 N–H and O–H groups in total. The number of nitrogens with zero attached hydrogens (tertiary/aromatic N) is 1. The average Bonchev–Trinajstić information content (AvgIpc) is 3.04. The Morgan fingerprint density at radius 1 is 1.37 bits per heavy atom. The predicted molar refractivity (Wildman–Crippen MR) is 73.9 cm³/mol. The van der Waals surface area contributed by atoms with Crippen molar-refractivity contribution in [3.63, 3.8) is 0 Å². The molecule has 1 amide bonds. The molecule has 98 valence electrons. The standard InChI is InChI=1S/C15H17N3O/c1-2-13-9-14(18-17-13)16-15(19)12-7-10-5-3-4-6-11(10)8-12/h3-6,9,12H,2,7-8H2,1H3,(H2,16,17,18,19). The Morgan fingerprint density at radius 2 is 2.05 bits per heavy atom. The number of benzene rings is 1. The van der Waals surface area contributed by atoms with E-state index in [0.717, 1.165) is 25.0 Å². The number of hydrogen-bond acceptors (Lipinski definition) is 2. The molecule has 2 aromatic rings. The number of nitrogens with one attached hydrogen (secondary N) is 2. The summed E-state index contributed by atoms with van der Waals surface area (Å²) in [5.74, 6) is 0.710. The van der Waals surface area contributed by atoms with E-state index in [-0.39, 0.29) is 11.8 Å². The van der Waals surface area contributed by atoms with Crippen LogP contribution in [0.25, 0.3) is 0 Å². The van der Waals surface area contributed by atoms with Gasteiger partial charge in [0.05, 0.1) is 0 Å². The number of rotatable bonds is 3. The molecule has 0 unspecified atom stereocenters. The molecule has 0 spiro atoms. The van der Waals surface area contributed by atoms with E-state index in [0.29, 0.717) is 5.82 Å². The molecular weight excluding hydrogens is 238 g/mol. The van der Waals surface area contributed by atoms with E-state index in [4.69, 9.17) is 0 Å². The smallest absolute Gasteiger partial charge is 0.229 e. The highest BCUT2D eigenvalue weighted by Crippen LogP contribution is 2.27. The van der Waals surface area contributed by atoms with Crippen LogP contribution in [0.1, 0.15) is 23.7 Å². The zero-order valence-electron chi connectivity index (χ0n) is 10.9. The first-order valence-corrected chi connectivity index (χ1v) is 6.68. The molecule has 1 heterocycles. The van der Waals surface area contributed by atoms with Gasteiger partial charge >= 0.3 is 0 Å². The summed E-state index contributed by atoms with van der Waals surface area (Å²) < 4.78 is 0. The van der Waals surface area contributed by atoms with Crippen LogP contribution in [-0.2, 0) is 24.1 Å². The zero-order valence-corrected chi connectivity index (χ0v) is 10.9. The second-order valence-corrected chi connectivity index (χ2v) is 5.00. The van der Waals surface area contributed by atoms with Gasteiger partial charge < -0.3 is 5.32 Å². The molecule has 0 fully saturated rings. The normalized spacial score (nSPS) is 14.4. The quantitative estimate of drug-likeness (QED) is 0.884. The van der Waals surface area contributed by atoms with Crippen LogP contribution in [0, 0.1) is 5.92 Å². The second-order valence-electron chi connectivity index (χ2n) is 5.00. The van der Waals surface area contributed by atoms with Crippen molar-refractivity contribution < 1.29 is 4.79 Å². The summed E-state index contributed by atoms with van der Waals surface area (Å²) in [7, 11) is 0. The Hall–Kier alpha value is -2.10. The van der Waals surface area contributed by atoms with Gasteiger partial charge in [-0.2, -0.15) is 5.10 Å².